The van der Waals surface area contributed by atoms with Crippen LogP contribution in [-0.4, -0.2) is 34.2 Å². The number of hydrogen-bond donors (Lipinski definition) is 1. The molecule has 4 aromatic rings. The van der Waals surface area contributed by atoms with Gasteiger partial charge in [0.05, 0.1) is 18.0 Å². The highest BCUT2D eigenvalue weighted by molar-refractivity contribution is 5.96. The fourth-order valence-corrected chi connectivity index (χ4v) is 3.91. The molecule has 8 nitrogen and oxygen atoms in total. The SMILES string of the molecule is CCOC(=O)c1cc(-c2cccc(NC(=O)[C@@H](OC(C)=O)c3ccccc3)c2)n(-c2ccccc2C)n1. The number of para-hydroxylation sites is 1. The number of amides is 1. The van der Waals surface area contributed by atoms with Gasteiger partial charge in [-0.3, -0.25) is 9.59 Å². The van der Waals surface area contributed by atoms with Crippen LogP contribution in [0.2, 0.25) is 0 Å². The van der Waals surface area contributed by atoms with E-state index >= 15 is 0 Å². The van der Waals surface area contributed by atoms with Gasteiger partial charge in [0.2, 0.25) is 6.10 Å². The highest BCUT2D eigenvalue weighted by atomic mass is 16.5. The first-order valence-corrected chi connectivity index (χ1v) is 11.8. The van der Waals surface area contributed by atoms with E-state index in [9.17, 15) is 14.4 Å². The van der Waals surface area contributed by atoms with E-state index < -0.39 is 23.9 Å². The lowest BCUT2D eigenvalue weighted by Crippen LogP contribution is -2.25. The van der Waals surface area contributed by atoms with E-state index in [-0.39, 0.29) is 12.3 Å². The van der Waals surface area contributed by atoms with Crippen molar-refractivity contribution in [1.82, 2.24) is 9.78 Å². The van der Waals surface area contributed by atoms with Gasteiger partial charge in [-0.2, -0.15) is 5.10 Å². The molecule has 0 saturated heterocycles. The van der Waals surface area contributed by atoms with Gasteiger partial charge in [-0.1, -0.05) is 60.7 Å². The van der Waals surface area contributed by atoms with Gasteiger partial charge in [-0.05, 0) is 43.7 Å². The normalized spacial score (nSPS) is 11.4. The Bertz CT molecular complexity index is 1430. The van der Waals surface area contributed by atoms with Crippen molar-refractivity contribution in [1.29, 1.82) is 0 Å². The van der Waals surface area contributed by atoms with Crippen molar-refractivity contribution in [2.24, 2.45) is 0 Å². The summed E-state index contributed by atoms with van der Waals surface area (Å²) in [5.41, 5.74) is 4.36. The summed E-state index contributed by atoms with van der Waals surface area (Å²) < 4.78 is 12.2. The second kappa shape index (κ2) is 11.3. The molecule has 1 N–H and O–H groups in total. The molecule has 0 aliphatic carbocycles. The molecule has 37 heavy (non-hydrogen) atoms. The molecular weight excluding hydrogens is 470 g/mol. The molecule has 188 valence electrons. The Balaban J connectivity index is 1.70. The molecule has 0 bridgehead atoms. The van der Waals surface area contributed by atoms with E-state index in [0.717, 1.165) is 11.3 Å². The van der Waals surface area contributed by atoms with Crippen molar-refractivity contribution in [2.45, 2.75) is 26.9 Å². The summed E-state index contributed by atoms with van der Waals surface area (Å²) in [5.74, 6) is -1.57. The van der Waals surface area contributed by atoms with Crippen LogP contribution in [0.3, 0.4) is 0 Å². The Morgan fingerprint density at radius 3 is 2.38 bits per heavy atom. The van der Waals surface area contributed by atoms with Crippen molar-refractivity contribution >= 4 is 23.5 Å². The predicted molar refractivity (Wildman–Crippen MR) is 139 cm³/mol. The standard InChI is InChI=1S/C29H27N3O5/c1-4-36-29(35)24-18-26(32(31-24)25-16-9-8-11-19(25)2)22-14-10-15-23(17-22)30-28(34)27(37-20(3)33)21-12-6-5-7-13-21/h5-18,27H,4H2,1-3H3,(H,30,34)/t27-/m0/s1. The van der Waals surface area contributed by atoms with Crippen molar-refractivity contribution in [3.63, 3.8) is 0 Å². The Morgan fingerprint density at radius 1 is 0.946 bits per heavy atom. The van der Waals surface area contributed by atoms with E-state index in [4.69, 9.17) is 9.47 Å². The van der Waals surface area contributed by atoms with E-state index in [0.29, 0.717) is 22.5 Å². The molecule has 0 fully saturated rings. The maximum Gasteiger partial charge on any atom is 0.358 e. The molecule has 0 spiro atoms. The molecule has 0 unspecified atom stereocenters. The highest BCUT2D eigenvalue weighted by Crippen LogP contribution is 2.29. The fourth-order valence-electron chi connectivity index (χ4n) is 3.91. The fraction of sp³-hybridized carbons (Fsp3) is 0.172. The molecule has 0 aliphatic rings. The number of benzene rings is 3. The van der Waals surface area contributed by atoms with E-state index in [1.807, 2.05) is 43.3 Å². The van der Waals surface area contributed by atoms with Gasteiger partial charge >= 0.3 is 11.9 Å². The summed E-state index contributed by atoms with van der Waals surface area (Å²) in [6, 6.07) is 25.3. The van der Waals surface area contributed by atoms with Crippen LogP contribution in [0, 0.1) is 6.92 Å². The smallest absolute Gasteiger partial charge is 0.358 e. The number of ether oxygens (including phenoxy) is 2. The maximum absolute atomic E-state index is 13.1. The van der Waals surface area contributed by atoms with Gasteiger partial charge in [-0.25, -0.2) is 9.48 Å². The third-order valence-corrected chi connectivity index (χ3v) is 5.59. The van der Waals surface area contributed by atoms with Crippen LogP contribution >= 0.6 is 0 Å². The Morgan fingerprint density at radius 2 is 1.68 bits per heavy atom. The Labute approximate surface area is 214 Å². The summed E-state index contributed by atoms with van der Waals surface area (Å²) in [7, 11) is 0. The van der Waals surface area contributed by atoms with E-state index in [1.165, 1.54) is 6.92 Å². The van der Waals surface area contributed by atoms with E-state index in [2.05, 4.69) is 10.4 Å². The number of anilines is 1. The van der Waals surface area contributed by atoms with Gasteiger partial charge in [0.25, 0.3) is 5.91 Å². The first kappa shape index (κ1) is 25.4. The van der Waals surface area contributed by atoms with Crippen molar-refractivity contribution in [2.75, 3.05) is 11.9 Å². The van der Waals surface area contributed by atoms with Crippen LogP contribution in [0.25, 0.3) is 16.9 Å². The molecule has 1 atom stereocenters. The third-order valence-electron chi connectivity index (χ3n) is 5.59. The second-order valence-electron chi connectivity index (χ2n) is 8.30. The minimum Gasteiger partial charge on any atom is -0.461 e. The van der Waals surface area contributed by atoms with Crippen LogP contribution in [0.4, 0.5) is 5.69 Å². The number of aromatic nitrogens is 2. The number of esters is 2. The summed E-state index contributed by atoms with van der Waals surface area (Å²) in [6.07, 6.45) is -1.10. The molecule has 3 aromatic carbocycles. The maximum atomic E-state index is 13.1. The number of nitrogens with zero attached hydrogens (tertiary/aromatic N) is 2. The summed E-state index contributed by atoms with van der Waals surface area (Å²) in [5, 5.41) is 7.36. The average molecular weight is 498 g/mol. The van der Waals surface area contributed by atoms with Gasteiger partial charge < -0.3 is 14.8 Å². The largest absolute Gasteiger partial charge is 0.461 e. The monoisotopic (exact) mass is 497 g/mol. The van der Waals surface area contributed by atoms with Gasteiger partial charge in [0.1, 0.15) is 0 Å². The van der Waals surface area contributed by atoms with Crippen molar-refractivity contribution < 1.29 is 23.9 Å². The molecule has 1 aromatic heterocycles. The zero-order chi connectivity index (χ0) is 26.4. The number of rotatable bonds is 8. The molecular formula is C29H27N3O5. The van der Waals surface area contributed by atoms with Crippen LogP contribution in [-0.2, 0) is 19.1 Å². The van der Waals surface area contributed by atoms with E-state index in [1.54, 1.807) is 60.1 Å². The van der Waals surface area contributed by atoms with Crippen LogP contribution in [0.5, 0.6) is 0 Å². The second-order valence-corrected chi connectivity index (χ2v) is 8.30. The van der Waals surface area contributed by atoms with Crippen LogP contribution in [0.15, 0.2) is 84.9 Å². The number of carbonyl (C=O) groups is 3. The summed E-state index contributed by atoms with van der Waals surface area (Å²) >= 11 is 0. The molecule has 1 amide bonds. The topological polar surface area (TPSA) is 99.5 Å². The van der Waals surface area contributed by atoms with Gasteiger partial charge in [-0.15, -0.1) is 0 Å². The predicted octanol–water partition coefficient (Wildman–Crippen LogP) is 5.27. The highest BCUT2D eigenvalue weighted by Gasteiger charge is 2.24. The Kier molecular flexibility index (Phi) is 7.78. The molecule has 4 rings (SSSR count). The molecule has 0 radical (unpaired) electrons. The lowest BCUT2D eigenvalue weighted by Gasteiger charge is -2.17. The molecule has 1 heterocycles. The lowest BCUT2D eigenvalue weighted by molar-refractivity contribution is -0.152. The van der Waals surface area contributed by atoms with Crippen LogP contribution in [0.1, 0.15) is 41.6 Å². The molecule has 8 heteroatoms. The molecule has 0 aliphatic heterocycles. The first-order chi connectivity index (χ1) is 17.9. The van der Waals surface area contributed by atoms with Crippen molar-refractivity contribution in [3.05, 3.63) is 102 Å². The number of aryl methyl sites for hydroxylation is 1. The average Bonchev–Trinajstić information content (AvgIpc) is 3.34. The third kappa shape index (κ3) is 5.92. The van der Waals surface area contributed by atoms with Gasteiger partial charge in [0, 0.05) is 23.7 Å². The number of nitrogens with one attached hydrogen (secondary N) is 1. The van der Waals surface area contributed by atoms with Crippen molar-refractivity contribution in [3.8, 4) is 16.9 Å². The quantitative estimate of drug-likeness (QED) is 0.333. The zero-order valence-corrected chi connectivity index (χ0v) is 20.8. The lowest BCUT2D eigenvalue weighted by atomic mass is 10.1. The van der Waals surface area contributed by atoms with Crippen LogP contribution < -0.4 is 5.32 Å². The summed E-state index contributed by atoms with van der Waals surface area (Å²) in [4.78, 5) is 37.3. The first-order valence-electron chi connectivity index (χ1n) is 11.8. The zero-order valence-electron chi connectivity index (χ0n) is 20.8. The number of carbonyl (C=O) groups excluding carboxylic acids is 3. The minimum absolute atomic E-state index is 0.175. The van der Waals surface area contributed by atoms with Gasteiger partial charge in [0.15, 0.2) is 5.69 Å². The summed E-state index contributed by atoms with van der Waals surface area (Å²) in [6.45, 7) is 5.19. The minimum atomic E-state index is -1.10. The Hall–Kier alpha value is -4.72. The molecule has 0 saturated carbocycles. The number of hydrogen-bond acceptors (Lipinski definition) is 6.